The van der Waals surface area contributed by atoms with Crippen molar-refractivity contribution in [3.05, 3.63) is 47.2 Å². The number of benzene rings is 1. The smallest absolute Gasteiger partial charge is 0.0831 e. The Morgan fingerprint density at radius 1 is 1.50 bits per heavy atom. The molecule has 1 atom stereocenters. The van der Waals surface area contributed by atoms with Gasteiger partial charge in [0.05, 0.1) is 10.7 Å². The van der Waals surface area contributed by atoms with E-state index < -0.39 is 0 Å². The number of nitrogens with zero attached hydrogens (tertiary/aromatic N) is 2. The van der Waals surface area contributed by atoms with E-state index in [0.29, 0.717) is 5.02 Å². The van der Waals surface area contributed by atoms with Crippen LogP contribution in [0.1, 0.15) is 12.5 Å². The predicted octanol–water partition coefficient (Wildman–Crippen LogP) is 2.42. The van der Waals surface area contributed by atoms with Gasteiger partial charge in [-0.05, 0) is 37.1 Å². The van der Waals surface area contributed by atoms with Crippen LogP contribution < -0.4 is 5.73 Å². The molecule has 1 aromatic carbocycles. The van der Waals surface area contributed by atoms with Crippen molar-refractivity contribution >= 4 is 11.6 Å². The molecule has 16 heavy (non-hydrogen) atoms. The molecule has 1 unspecified atom stereocenters. The molecule has 0 spiro atoms. The van der Waals surface area contributed by atoms with Gasteiger partial charge in [-0.3, -0.25) is 0 Å². The molecule has 0 saturated heterocycles. The maximum Gasteiger partial charge on any atom is 0.0831 e. The van der Waals surface area contributed by atoms with E-state index >= 15 is 0 Å². The zero-order chi connectivity index (χ0) is 11.5. The molecule has 1 heterocycles. The third-order valence-electron chi connectivity index (χ3n) is 2.32. The molecule has 0 aliphatic carbocycles. The molecule has 0 radical (unpaired) electrons. The van der Waals surface area contributed by atoms with Crippen molar-refractivity contribution < 1.29 is 0 Å². The van der Waals surface area contributed by atoms with E-state index in [1.54, 1.807) is 10.9 Å². The Bertz CT molecular complexity index is 463. The topological polar surface area (TPSA) is 43.8 Å². The van der Waals surface area contributed by atoms with Gasteiger partial charge >= 0.3 is 0 Å². The summed E-state index contributed by atoms with van der Waals surface area (Å²) < 4.78 is 1.75. The van der Waals surface area contributed by atoms with Gasteiger partial charge in [0.25, 0.3) is 0 Å². The number of rotatable bonds is 3. The lowest BCUT2D eigenvalue weighted by molar-refractivity contribution is 0.737. The van der Waals surface area contributed by atoms with Crippen molar-refractivity contribution in [2.75, 3.05) is 0 Å². The highest BCUT2D eigenvalue weighted by molar-refractivity contribution is 6.32. The Morgan fingerprint density at radius 3 is 2.88 bits per heavy atom. The summed E-state index contributed by atoms with van der Waals surface area (Å²) in [5, 5.41) is 4.84. The van der Waals surface area contributed by atoms with E-state index in [1.807, 2.05) is 37.4 Å². The predicted molar refractivity (Wildman–Crippen MR) is 65.9 cm³/mol. The van der Waals surface area contributed by atoms with Gasteiger partial charge in [0.2, 0.25) is 0 Å². The molecule has 0 aliphatic rings. The highest BCUT2D eigenvalue weighted by Gasteiger charge is 2.05. The average molecular weight is 236 g/mol. The maximum atomic E-state index is 6.20. The number of halogens is 1. The second kappa shape index (κ2) is 4.68. The minimum absolute atomic E-state index is 0.145. The van der Waals surface area contributed by atoms with Gasteiger partial charge in [0, 0.05) is 18.4 Å². The highest BCUT2D eigenvalue weighted by atomic mass is 35.5. The maximum absolute atomic E-state index is 6.20. The number of hydrogen-bond acceptors (Lipinski definition) is 2. The van der Waals surface area contributed by atoms with Crippen LogP contribution in [-0.2, 0) is 6.42 Å². The Labute approximate surface area is 99.8 Å². The van der Waals surface area contributed by atoms with E-state index in [0.717, 1.165) is 17.7 Å². The first kappa shape index (κ1) is 11.2. The third-order valence-corrected chi connectivity index (χ3v) is 2.62. The van der Waals surface area contributed by atoms with Crippen LogP contribution in [0, 0.1) is 0 Å². The van der Waals surface area contributed by atoms with E-state index in [9.17, 15) is 0 Å². The normalized spacial score (nSPS) is 12.7. The average Bonchev–Trinajstić information content (AvgIpc) is 2.69. The van der Waals surface area contributed by atoms with Gasteiger partial charge in [0.1, 0.15) is 0 Å². The van der Waals surface area contributed by atoms with E-state index in [-0.39, 0.29) is 6.04 Å². The molecule has 0 bridgehead atoms. The van der Waals surface area contributed by atoms with Gasteiger partial charge in [0.15, 0.2) is 0 Å². The minimum atomic E-state index is 0.145. The highest BCUT2D eigenvalue weighted by Crippen LogP contribution is 2.21. The number of aromatic nitrogens is 2. The Balaban J connectivity index is 2.30. The molecule has 0 saturated carbocycles. The molecule has 0 fully saturated rings. The van der Waals surface area contributed by atoms with Crippen LogP contribution in [0.2, 0.25) is 5.02 Å². The summed E-state index contributed by atoms with van der Waals surface area (Å²) in [6.45, 7) is 1.98. The van der Waals surface area contributed by atoms with E-state index in [4.69, 9.17) is 17.3 Å². The van der Waals surface area contributed by atoms with Gasteiger partial charge in [-0.1, -0.05) is 17.7 Å². The van der Waals surface area contributed by atoms with Crippen LogP contribution in [0.3, 0.4) is 0 Å². The van der Waals surface area contributed by atoms with E-state index in [2.05, 4.69) is 5.10 Å². The van der Waals surface area contributed by atoms with Crippen molar-refractivity contribution in [1.29, 1.82) is 0 Å². The zero-order valence-corrected chi connectivity index (χ0v) is 9.85. The van der Waals surface area contributed by atoms with Crippen LogP contribution in [0.25, 0.3) is 5.69 Å². The van der Waals surface area contributed by atoms with Crippen molar-refractivity contribution in [2.24, 2.45) is 5.73 Å². The molecule has 4 heteroatoms. The van der Waals surface area contributed by atoms with E-state index in [1.165, 1.54) is 0 Å². The Kier molecular flexibility index (Phi) is 3.27. The fourth-order valence-electron chi connectivity index (χ4n) is 1.65. The Hall–Kier alpha value is -1.32. The summed E-state index contributed by atoms with van der Waals surface area (Å²) >= 11 is 6.20. The van der Waals surface area contributed by atoms with Crippen molar-refractivity contribution in [3.8, 4) is 5.69 Å². The second-order valence-corrected chi connectivity index (χ2v) is 4.33. The summed E-state index contributed by atoms with van der Waals surface area (Å²) in [4.78, 5) is 0. The molecular formula is C12H14ClN3. The molecule has 1 aromatic heterocycles. The van der Waals surface area contributed by atoms with Gasteiger partial charge < -0.3 is 5.73 Å². The molecule has 2 aromatic rings. The lowest BCUT2D eigenvalue weighted by atomic mass is 10.1. The lowest BCUT2D eigenvalue weighted by Gasteiger charge is -2.09. The summed E-state index contributed by atoms with van der Waals surface area (Å²) in [5.74, 6) is 0. The zero-order valence-electron chi connectivity index (χ0n) is 9.10. The van der Waals surface area contributed by atoms with Crippen LogP contribution in [0.4, 0.5) is 0 Å². The summed E-state index contributed by atoms with van der Waals surface area (Å²) in [6, 6.07) is 7.96. The van der Waals surface area contributed by atoms with Crippen molar-refractivity contribution in [1.82, 2.24) is 9.78 Å². The molecule has 84 valence electrons. The second-order valence-electron chi connectivity index (χ2n) is 3.92. The lowest BCUT2D eigenvalue weighted by Crippen LogP contribution is -2.17. The first-order valence-corrected chi connectivity index (χ1v) is 5.58. The molecule has 2 N–H and O–H groups in total. The van der Waals surface area contributed by atoms with Crippen LogP contribution in [0.15, 0.2) is 36.7 Å². The molecule has 0 amide bonds. The van der Waals surface area contributed by atoms with Crippen LogP contribution >= 0.6 is 11.6 Å². The fraction of sp³-hybridized carbons (Fsp3) is 0.250. The number of nitrogens with two attached hydrogens (primary N) is 1. The molecular weight excluding hydrogens is 222 g/mol. The standard InChI is InChI=1S/C12H14ClN3/c1-9(14)7-10-3-4-12(11(13)8-10)16-6-2-5-15-16/h2-6,8-9H,7,14H2,1H3. The summed E-state index contributed by atoms with van der Waals surface area (Å²) in [5.41, 5.74) is 7.78. The fourth-order valence-corrected chi connectivity index (χ4v) is 1.94. The molecule has 0 aliphatic heterocycles. The van der Waals surface area contributed by atoms with Crippen LogP contribution in [0.5, 0.6) is 0 Å². The van der Waals surface area contributed by atoms with Gasteiger partial charge in [-0.25, -0.2) is 4.68 Å². The van der Waals surface area contributed by atoms with Gasteiger partial charge in [-0.2, -0.15) is 5.10 Å². The van der Waals surface area contributed by atoms with Crippen molar-refractivity contribution in [2.45, 2.75) is 19.4 Å². The Morgan fingerprint density at radius 2 is 2.31 bits per heavy atom. The molecule has 2 rings (SSSR count). The SMILES string of the molecule is CC(N)Cc1ccc(-n2cccn2)c(Cl)c1. The third kappa shape index (κ3) is 2.43. The quantitative estimate of drug-likeness (QED) is 0.888. The minimum Gasteiger partial charge on any atom is -0.328 e. The van der Waals surface area contributed by atoms with Crippen molar-refractivity contribution in [3.63, 3.8) is 0 Å². The van der Waals surface area contributed by atoms with Gasteiger partial charge in [-0.15, -0.1) is 0 Å². The first-order valence-electron chi connectivity index (χ1n) is 5.21. The summed E-state index contributed by atoms with van der Waals surface area (Å²) in [7, 11) is 0. The monoisotopic (exact) mass is 235 g/mol. The number of hydrogen-bond donors (Lipinski definition) is 1. The molecule has 3 nitrogen and oxygen atoms in total. The largest absolute Gasteiger partial charge is 0.328 e. The van der Waals surface area contributed by atoms with Crippen LogP contribution in [-0.4, -0.2) is 15.8 Å². The summed E-state index contributed by atoms with van der Waals surface area (Å²) in [6.07, 6.45) is 4.43. The first-order chi connectivity index (χ1) is 7.66.